The molecule has 3 aromatic rings. The molecule has 5 heteroatoms. The van der Waals surface area contributed by atoms with Gasteiger partial charge in [0.25, 0.3) is 5.56 Å². The lowest BCUT2D eigenvalue weighted by molar-refractivity contribution is 0.415. The van der Waals surface area contributed by atoms with Crippen molar-refractivity contribution in [1.29, 1.82) is 0 Å². The van der Waals surface area contributed by atoms with Crippen molar-refractivity contribution in [3.05, 3.63) is 45.6 Å². The van der Waals surface area contributed by atoms with Gasteiger partial charge in [-0.1, -0.05) is 25.5 Å². The number of nitrogens with one attached hydrogen (secondary N) is 1. The van der Waals surface area contributed by atoms with Crippen molar-refractivity contribution in [3.63, 3.8) is 0 Å². The maximum absolute atomic E-state index is 12.2. The van der Waals surface area contributed by atoms with Crippen LogP contribution in [0.2, 0.25) is 0 Å². The quantitative estimate of drug-likeness (QED) is 0.800. The largest absolute Gasteiger partial charge is 0.497 e. The predicted octanol–water partition coefficient (Wildman–Crippen LogP) is 3.61. The number of hydrogen-bond donors (Lipinski definition) is 1. The number of rotatable bonds is 4. The highest BCUT2D eigenvalue weighted by molar-refractivity contribution is 7.18. The average molecular weight is 300 g/mol. The van der Waals surface area contributed by atoms with Gasteiger partial charge in [0.05, 0.1) is 12.5 Å². The Morgan fingerprint density at radius 1 is 1.33 bits per heavy atom. The molecular weight excluding hydrogens is 284 g/mol. The van der Waals surface area contributed by atoms with Gasteiger partial charge in [-0.3, -0.25) is 4.79 Å². The molecule has 0 saturated heterocycles. The topological polar surface area (TPSA) is 55.0 Å². The fourth-order valence-corrected chi connectivity index (χ4v) is 3.39. The maximum atomic E-state index is 12.2. The summed E-state index contributed by atoms with van der Waals surface area (Å²) in [5.74, 6) is 1.32. The number of nitrogens with zero attached hydrogens (tertiary/aromatic N) is 1. The van der Waals surface area contributed by atoms with E-state index in [1.54, 1.807) is 18.4 Å². The summed E-state index contributed by atoms with van der Waals surface area (Å²) in [5, 5.41) is 0.676. The molecule has 0 aliphatic rings. The highest BCUT2D eigenvalue weighted by Gasteiger charge is 2.10. The van der Waals surface area contributed by atoms with E-state index >= 15 is 0 Å². The number of benzene rings is 1. The summed E-state index contributed by atoms with van der Waals surface area (Å²) in [5.41, 5.74) is 0.759. The van der Waals surface area contributed by atoms with Crippen molar-refractivity contribution in [2.45, 2.75) is 19.8 Å². The molecule has 0 aliphatic carbocycles. The van der Waals surface area contributed by atoms with Gasteiger partial charge in [-0.05, 0) is 24.6 Å². The van der Waals surface area contributed by atoms with Crippen molar-refractivity contribution in [2.75, 3.05) is 7.11 Å². The SMILES string of the molecule is CCCc1cc2c(=O)[nH]c(-c3cccc(OC)c3)nc2s1. The Labute approximate surface area is 126 Å². The van der Waals surface area contributed by atoms with Crippen molar-refractivity contribution >= 4 is 21.6 Å². The Morgan fingerprint density at radius 3 is 2.95 bits per heavy atom. The average Bonchev–Trinajstić information content (AvgIpc) is 2.91. The van der Waals surface area contributed by atoms with Crippen LogP contribution >= 0.6 is 11.3 Å². The lowest BCUT2D eigenvalue weighted by atomic mass is 10.2. The molecule has 0 saturated carbocycles. The molecule has 0 radical (unpaired) electrons. The molecule has 21 heavy (non-hydrogen) atoms. The molecule has 2 heterocycles. The second-order valence-electron chi connectivity index (χ2n) is 4.83. The van der Waals surface area contributed by atoms with E-state index in [9.17, 15) is 4.79 Å². The molecule has 0 bridgehead atoms. The second kappa shape index (κ2) is 5.69. The van der Waals surface area contributed by atoms with Crippen LogP contribution in [0.25, 0.3) is 21.6 Å². The van der Waals surface area contributed by atoms with E-state index < -0.39 is 0 Å². The van der Waals surface area contributed by atoms with E-state index in [0.29, 0.717) is 11.2 Å². The smallest absolute Gasteiger partial charge is 0.259 e. The van der Waals surface area contributed by atoms with E-state index in [-0.39, 0.29) is 5.56 Å². The van der Waals surface area contributed by atoms with Gasteiger partial charge in [-0.25, -0.2) is 4.98 Å². The Kier molecular flexibility index (Phi) is 3.75. The highest BCUT2D eigenvalue weighted by atomic mass is 32.1. The molecule has 4 nitrogen and oxygen atoms in total. The normalized spacial score (nSPS) is 11.0. The van der Waals surface area contributed by atoms with Crippen LogP contribution in [0.5, 0.6) is 5.75 Å². The van der Waals surface area contributed by atoms with Gasteiger partial charge >= 0.3 is 0 Å². The van der Waals surface area contributed by atoms with Gasteiger partial charge in [0.15, 0.2) is 0 Å². The molecule has 0 aliphatic heterocycles. The number of aromatic amines is 1. The number of thiophene rings is 1. The Bertz CT molecular complexity index is 836. The molecule has 108 valence electrons. The van der Waals surface area contributed by atoms with Crippen molar-refractivity contribution in [3.8, 4) is 17.1 Å². The summed E-state index contributed by atoms with van der Waals surface area (Å²) < 4.78 is 5.21. The van der Waals surface area contributed by atoms with Crippen LogP contribution in [-0.2, 0) is 6.42 Å². The van der Waals surface area contributed by atoms with E-state index in [4.69, 9.17) is 4.74 Å². The minimum Gasteiger partial charge on any atom is -0.497 e. The van der Waals surface area contributed by atoms with Gasteiger partial charge in [-0.2, -0.15) is 0 Å². The first-order valence-electron chi connectivity index (χ1n) is 6.88. The van der Waals surface area contributed by atoms with Crippen LogP contribution in [0.1, 0.15) is 18.2 Å². The molecule has 0 atom stereocenters. The fourth-order valence-electron chi connectivity index (χ4n) is 2.26. The minimum absolute atomic E-state index is 0.0866. The summed E-state index contributed by atoms with van der Waals surface area (Å²) in [4.78, 5) is 21.7. The summed E-state index contributed by atoms with van der Waals surface area (Å²) in [7, 11) is 1.62. The van der Waals surface area contributed by atoms with Gasteiger partial charge in [0.2, 0.25) is 0 Å². The third-order valence-electron chi connectivity index (χ3n) is 3.29. The van der Waals surface area contributed by atoms with Crippen molar-refractivity contribution in [2.24, 2.45) is 0 Å². The zero-order valence-corrected chi connectivity index (χ0v) is 12.8. The van der Waals surface area contributed by atoms with Gasteiger partial charge in [0, 0.05) is 10.4 Å². The summed E-state index contributed by atoms with van der Waals surface area (Å²) in [6.07, 6.45) is 2.04. The standard InChI is InChI=1S/C16H16N2O2S/c1-3-5-12-9-13-15(19)17-14(18-16(13)21-12)10-6-4-7-11(8-10)20-2/h4,6-9H,3,5H2,1-2H3,(H,17,18,19). The lowest BCUT2D eigenvalue weighted by Crippen LogP contribution is -2.07. The van der Waals surface area contributed by atoms with E-state index in [2.05, 4.69) is 16.9 Å². The third kappa shape index (κ3) is 2.69. The first-order chi connectivity index (χ1) is 10.2. The van der Waals surface area contributed by atoms with Gasteiger partial charge in [-0.15, -0.1) is 11.3 Å². The molecule has 0 amide bonds. The van der Waals surface area contributed by atoms with Crippen LogP contribution < -0.4 is 10.3 Å². The first kappa shape index (κ1) is 13.8. The minimum atomic E-state index is -0.0866. The van der Waals surface area contributed by atoms with Gasteiger partial charge in [0.1, 0.15) is 16.4 Å². The number of fused-ring (bicyclic) bond motifs is 1. The highest BCUT2D eigenvalue weighted by Crippen LogP contribution is 2.26. The van der Waals surface area contributed by atoms with Crippen LogP contribution in [0.15, 0.2) is 35.1 Å². The van der Waals surface area contributed by atoms with E-state index in [1.165, 1.54) is 4.88 Å². The molecule has 1 N–H and O–H groups in total. The third-order valence-corrected chi connectivity index (χ3v) is 4.38. The zero-order valence-electron chi connectivity index (χ0n) is 12.0. The van der Waals surface area contributed by atoms with Gasteiger partial charge < -0.3 is 9.72 Å². The monoisotopic (exact) mass is 300 g/mol. The molecule has 0 spiro atoms. The molecule has 2 aromatic heterocycles. The zero-order chi connectivity index (χ0) is 14.8. The molecular formula is C16H16N2O2S. The molecule has 1 aromatic carbocycles. The summed E-state index contributed by atoms with van der Waals surface area (Å²) in [6, 6.07) is 9.47. The lowest BCUT2D eigenvalue weighted by Gasteiger charge is -2.03. The Hall–Kier alpha value is -2.14. The van der Waals surface area contributed by atoms with Crippen LogP contribution in [-0.4, -0.2) is 17.1 Å². The van der Waals surface area contributed by atoms with Crippen molar-refractivity contribution in [1.82, 2.24) is 9.97 Å². The van der Waals surface area contributed by atoms with Crippen LogP contribution in [0.3, 0.4) is 0 Å². The maximum Gasteiger partial charge on any atom is 0.259 e. The Balaban J connectivity index is 2.13. The van der Waals surface area contributed by atoms with Crippen molar-refractivity contribution < 1.29 is 4.74 Å². The summed E-state index contributed by atoms with van der Waals surface area (Å²) in [6.45, 7) is 2.13. The van der Waals surface area contributed by atoms with E-state index in [0.717, 1.165) is 29.0 Å². The molecule has 3 rings (SSSR count). The number of ether oxygens (including phenoxy) is 1. The number of aryl methyl sites for hydroxylation is 1. The number of hydrogen-bond acceptors (Lipinski definition) is 4. The fraction of sp³-hybridized carbons (Fsp3) is 0.250. The first-order valence-corrected chi connectivity index (χ1v) is 7.70. The molecule has 0 unspecified atom stereocenters. The second-order valence-corrected chi connectivity index (χ2v) is 5.94. The number of aromatic nitrogens is 2. The van der Waals surface area contributed by atoms with Crippen LogP contribution in [0.4, 0.5) is 0 Å². The van der Waals surface area contributed by atoms with Crippen LogP contribution in [0, 0.1) is 0 Å². The summed E-state index contributed by atoms with van der Waals surface area (Å²) >= 11 is 1.59. The molecule has 0 fully saturated rings. The number of methoxy groups -OCH3 is 1. The van der Waals surface area contributed by atoms with E-state index in [1.807, 2.05) is 30.3 Å². The Morgan fingerprint density at radius 2 is 2.19 bits per heavy atom. The number of H-pyrrole nitrogens is 1. The predicted molar refractivity (Wildman–Crippen MR) is 86.2 cm³/mol.